The zero-order valence-electron chi connectivity index (χ0n) is 12.2. The van der Waals surface area contributed by atoms with Crippen molar-refractivity contribution in [2.45, 2.75) is 52.0 Å². The van der Waals surface area contributed by atoms with Gasteiger partial charge in [-0.1, -0.05) is 49.6 Å². The summed E-state index contributed by atoms with van der Waals surface area (Å²) in [5.41, 5.74) is 1.25. The van der Waals surface area contributed by atoms with Gasteiger partial charge in [-0.05, 0) is 56.2 Å². The molecule has 2 rings (SSSR count). The van der Waals surface area contributed by atoms with Gasteiger partial charge in [-0.2, -0.15) is 0 Å². The summed E-state index contributed by atoms with van der Waals surface area (Å²) in [5.74, 6) is 1.82. The van der Waals surface area contributed by atoms with Gasteiger partial charge in [0.15, 0.2) is 0 Å². The molecule has 1 fully saturated rings. The second-order valence-corrected chi connectivity index (χ2v) is 6.64. The summed E-state index contributed by atoms with van der Waals surface area (Å²) in [6.07, 6.45) is 6.62. The molecule has 0 saturated heterocycles. The first-order valence-electron chi connectivity index (χ1n) is 7.62. The van der Waals surface area contributed by atoms with Gasteiger partial charge >= 0.3 is 0 Å². The van der Waals surface area contributed by atoms with Gasteiger partial charge in [-0.3, -0.25) is 0 Å². The normalized spacial score (nSPS) is 25.2. The third-order valence-corrected chi connectivity index (χ3v) is 4.74. The zero-order chi connectivity index (χ0) is 13.7. The number of nitrogens with one attached hydrogen (secondary N) is 1. The highest BCUT2D eigenvalue weighted by Gasteiger charge is 2.18. The van der Waals surface area contributed by atoms with E-state index >= 15 is 0 Å². The minimum atomic E-state index is 0.499. The minimum Gasteiger partial charge on any atom is -0.314 e. The number of rotatable bonds is 5. The average Bonchev–Trinajstić information content (AvgIpc) is 2.41. The summed E-state index contributed by atoms with van der Waals surface area (Å²) >= 11 is 6.21. The molecular formula is C17H26ClN. The van der Waals surface area contributed by atoms with Gasteiger partial charge in [0.1, 0.15) is 0 Å². The molecule has 1 aromatic rings. The van der Waals surface area contributed by atoms with Crippen LogP contribution in [0.25, 0.3) is 0 Å². The largest absolute Gasteiger partial charge is 0.314 e. The summed E-state index contributed by atoms with van der Waals surface area (Å²) in [7, 11) is 0. The van der Waals surface area contributed by atoms with Crippen molar-refractivity contribution < 1.29 is 0 Å². The summed E-state index contributed by atoms with van der Waals surface area (Å²) in [6.45, 7) is 5.80. The smallest absolute Gasteiger partial charge is 0.0438 e. The highest BCUT2D eigenvalue weighted by molar-refractivity contribution is 6.31. The van der Waals surface area contributed by atoms with E-state index in [2.05, 4.69) is 31.3 Å². The van der Waals surface area contributed by atoms with Crippen molar-refractivity contribution in [1.29, 1.82) is 0 Å². The molecule has 0 aromatic heterocycles. The predicted molar refractivity (Wildman–Crippen MR) is 83.7 cm³/mol. The van der Waals surface area contributed by atoms with E-state index in [4.69, 9.17) is 11.6 Å². The second-order valence-electron chi connectivity index (χ2n) is 6.23. The Hall–Kier alpha value is -0.530. The second kappa shape index (κ2) is 7.31. The monoisotopic (exact) mass is 279 g/mol. The molecule has 1 atom stereocenters. The Morgan fingerprint density at radius 1 is 1.21 bits per heavy atom. The first-order valence-corrected chi connectivity index (χ1v) is 7.99. The van der Waals surface area contributed by atoms with Gasteiger partial charge in [-0.25, -0.2) is 0 Å². The highest BCUT2D eigenvalue weighted by Crippen LogP contribution is 2.27. The average molecular weight is 280 g/mol. The Morgan fingerprint density at radius 2 is 1.89 bits per heavy atom. The Bertz CT molecular complexity index is 383. The van der Waals surface area contributed by atoms with Gasteiger partial charge in [0.05, 0.1) is 0 Å². The van der Waals surface area contributed by atoms with Gasteiger partial charge in [0, 0.05) is 11.1 Å². The highest BCUT2D eigenvalue weighted by atomic mass is 35.5. The minimum absolute atomic E-state index is 0.499. The molecule has 0 radical (unpaired) electrons. The van der Waals surface area contributed by atoms with E-state index in [1.807, 2.05) is 12.1 Å². The Balaban J connectivity index is 1.73. The number of hydrogen-bond acceptors (Lipinski definition) is 1. The van der Waals surface area contributed by atoms with Crippen LogP contribution in [0.2, 0.25) is 5.02 Å². The summed E-state index contributed by atoms with van der Waals surface area (Å²) in [5, 5.41) is 4.58. The molecule has 0 bridgehead atoms. The van der Waals surface area contributed by atoms with Crippen LogP contribution in [0.4, 0.5) is 0 Å². The molecule has 1 N–H and O–H groups in total. The van der Waals surface area contributed by atoms with Crippen LogP contribution in [0, 0.1) is 11.8 Å². The van der Waals surface area contributed by atoms with Gasteiger partial charge in [0.25, 0.3) is 0 Å². The molecule has 0 amide bonds. The van der Waals surface area contributed by atoms with Crippen LogP contribution in [0.1, 0.15) is 45.1 Å². The Morgan fingerprint density at radius 3 is 2.58 bits per heavy atom. The van der Waals surface area contributed by atoms with E-state index in [1.165, 1.54) is 37.8 Å². The fraction of sp³-hybridized carbons (Fsp3) is 0.647. The lowest BCUT2D eigenvalue weighted by atomic mass is 9.83. The third kappa shape index (κ3) is 4.81. The standard InChI is InChI=1S/C17H26ClN/c1-13-7-9-15(10-8-13)12-19-14(2)11-16-5-3-4-6-17(16)18/h3-6,13-15,19H,7-12H2,1-2H3. The van der Waals surface area contributed by atoms with Crippen LogP contribution in [-0.4, -0.2) is 12.6 Å². The molecule has 1 aliphatic carbocycles. The molecule has 0 heterocycles. The van der Waals surface area contributed by atoms with Crippen molar-refractivity contribution in [1.82, 2.24) is 5.32 Å². The fourth-order valence-corrected chi connectivity index (χ4v) is 3.18. The van der Waals surface area contributed by atoms with Crippen molar-refractivity contribution in [2.75, 3.05) is 6.54 Å². The molecule has 106 valence electrons. The first kappa shape index (κ1) is 14.9. The van der Waals surface area contributed by atoms with Crippen molar-refractivity contribution in [3.05, 3.63) is 34.9 Å². The zero-order valence-corrected chi connectivity index (χ0v) is 12.9. The van der Waals surface area contributed by atoms with Crippen LogP contribution in [0.5, 0.6) is 0 Å². The van der Waals surface area contributed by atoms with Crippen LogP contribution in [0.3, 0.4) is 0 Å². The molecule has 1 saturated carbocycles. The predicted octanol–water partition coefficient (Wildman–Crippen LogP) is 4.69. The van der Waals surface area contributed by atoms with Crippen molar-refractivity contribution in [3.63, 3.8) is 0 Å². The van der Waals surface area contributed by atoms with E-state index in [0.29, 0.717) is 6.04 Å². The van der Waals surface area contributed by atoms with Crippen molar-refractivity contribution >= 4 is 11.6 Å². The number of benzene rings is 1. The topological polar surface area (TPSA) is 12.0 Å². The quantitative estimate of drug-likeness (QED) is 0.825. The lowest BCUT2D eigenvalue weighted by Crippen LogP contribution is -2.34. The molecule has 0 aliphatic heterocycles. The fourth-order valence-electron chi connectivity index (χ4n) is 2.97. The van der Waals surface area contributed by atoms with Crippen molar-refractivity contribution in [3.8, 4) is 0 Å². The maximum atomic E-state index is 6.21. The Kier molecular flexibility index (Phi) is 5.72. The van der Waals surface area contributed by atoms with Gasteiger partial charge < -0.3 is 5.32 Å². The summed E-state index contributed by atoms with van der Waals surface area (Å²) in [6, 6.07) is 8.66. The number of hydrogen-bond donors (Lipinski definition) is 1. The molecule has 1 aromatic carbocycles. The van der Waals surface area contributed by atoms with Crippen LogP contribution < -0.4 is 5.32 Å². The van der Waals surface area contributed by atoms with Gasteiger partial charge in [-0.15, -0.1) is 0 Å². The maximum Gasteiger partial charge on any atom is 0.0438 e. The summed E-state index contributed by atoms with van der Waals surface area (Å²) < 4.78 is 0. The van der Waals surface area contributed by atoms with Gasteiger partial charge in [0.2, 0.25) is 0 Å². The van der Waals surface area contributed by atoms with E-state index in [-0.39, 0.29) is 0 Å². The molecule has 0 spiro atoms. The first-order chi connectivity index (χ1) is 9.15. The molecule has 2 heteroatoms. The SMILES string of the molecule is CC1CCC(CNC(C)Cc2ccccc2Cl)CC1. The van der Waals surface area contributed by atoms with E-state index in [1.54, 1.807) is 0 Å². The molecule has 1 aliphatic rings. The third-order valence-electron chi connectivity index (χ3n) is 4.37. The lowest BCUT2D eigenvalue weighted by Gasteiger charge is -2.27. The molecular weight excluding hydrogens is 254 g/mol. The summed E-state index contributed by atoms with van der Waals surface area (Å²) in [4.78, 5) is 0. The van der Waals surface area contributed by atoms with Crippen LogP contribution in [0.15, 0.2) is 24.3 Å². The van der Waals surface area contributed by atoms with E-state index in [0.717, 1.165) is 23.3 Å². The molecule has 1 nitrogen and oxygen atoms in total. The van der Waals surface area contributed by atoms with Crippen LogP contribution >= 0.6 is 11.6 Å². The van der Waals surface area contributed by atoms with Crippen molar-refractivity contribution in [2.24, 2.45) is 11.8 Å². The molecule has 1 unspecified atom stereocenters. The Labute approximate surface area is 122 Å². The van der Waals surface area contributed by atoms with Crippen LogP contribution in [-0.2, 0) is 6.42 Å². The van der Waals surface area contributed by atoms with E-state index in [9.17, 15) is 0 Å². The van der Waals surface area contributed by atoms with E-state index < -0.39 is 0 Å². The number of halogens is 1. The lowest BCUT2D eigenvalue weighted by molar-refractivity contribution is 0.275. The molecule has 19 heavy (non-hydrogen) atoms. The maximum absolute atomic E-state index is 6.21.